The third-order valence-electron chi connectivity index (χ3n) is 4.72. The molecule has 7 nitrogen and oxygen atoms in total. The van der Waals surface area contributed by atoms with Crippen LogP contribution in [-0.2, 0) is 16.1 Å². The van der Waals surface area contributed by atoms with Gasteiger partial charge in [-0.25, -0.2) is 4.98 Å². The molecule has 0 bridgehead atoms. The van der Waals surface area contributed by atoms with Gasteiger partial charge in [-0.1, -0.05) is 17.7 Å². The van der Waals surface area contributed by atoms with Crippen LogP contribution in [0.4, 0.5) is 5.69 Å². The fourth-order valence-corrected chi connectivity index (χ4v) is 4.02. The topological polar surface area (TPSA) is 93.1 Å². The predicted octanol–water partition coefficient (Wildman–Crippen LogP) is 3.18. The van der Waals surface area contributed by atoms with E-state index < -0.39 is 0 Å². The minimum atomic E-state index is -0.353. The lowest BCUT2D eigenvalue weighted by atomic mass is 10.2. The van der Waals surface area contributed by atoms with E-state index in [0.717, 1.165) is 16.0 Å². The number of nitrogens with zero attached hydrogens (tertiary/aromatic N) is 2. The standard InChI is InChI=1S/C20H21ClN4O3S/c1-11-13(3)29-19-18(11)20(28)25(10-23-19)8-7-16(26)22-9-17(27)24-15-6-4-5-14(21)12(15)2/h4-6,10H,7-9H2,1-3H3,(H,22,26)(H,24,27). The Kier molecular flexibility index (Phi) is 6.34. The van der Waals surface area contributed by atoms with Crippen LogP contribution in [0, 0.1) is 20.8 Å². The molecule has 0 unspecified atom stereocenters. The summed E-state index contributed by atoms with van der Waals surface area (Å²) in [7, 11) is 0. The van der Waals surface area contributed by atoms with E-state index in [1.165, 1.54) is 22.2 Å². The van der Waals surface area contributed by atoms with Crippen molar-refractivity contribution in [3.63, 3.8) is 0 Å². The highest BCUT2D eigenvalue weighted by Gasteiger charge is 2.13. The summed E-state index contributed by atoms with van der Waals surface area (Å²) in [6.45, 7) is 5.68. The molecule has 0 spiro atoms. The molecule has 3 rings (SSSR count). The smallest absolute Gasteiger partial charge is 0.262 e. The Bertz CT molecular complexity index is 1150. The monoisotopic (exact) mass is 432 g/mol. The highest BCUT2D eigenvalue weighted by atomic mass is 35.5. The van der Waals surface area contributed by atoms with Gasteiger partial charge in [0.2, 0.25) is 11.8 Å². The first kappa shape index (κ1) is 21.0. The number of thiophene rings is 1. The molecule has 0 atom stereocenters. The number of carbonyl (C=O) groups is 2. The van der Waals surface area contributed by atoms with Crippen LogP contribution in [0.15, 0.2) is 29.3 Å². The summed E-state index contributed by atoms with van der Waals surface area (Å²) in [6.07, 6.45) is 1.53. The number of anilines is 1. The number of benzene rings is 1. The fraction of sp³-hybridized carbons (Fsp3) is 0.300. The van der Waals surface area contributed by atoms with Gasteiger partial charge in [0.15, 0.2) is 0 Å². The molecule has 0 fully saturated rings. The van der Waals surface area contributed by atoms with Gasteiger partial charge in [-0.15, -0.1) is 11.3 Å². The van der Waals surface area contributed by atoms with E-state index in [9.17, 15) is 14.4 Å². The lowest BCUT2D eigenvalue weighted by Crippen LogP contribution is -2.34. The van der Waals surface area contributed by atoms with Crippen LogP contribution in [0.2, 0.25) is 5.02 Å². The van der Waals surface area contributed by atoms with Crippen LogP contribution < -0.4 is 16.2 Å². The zero-order valence-corrected chi connectivity index (χ0v) is 17.9. The van der Waals surface area contributed by atoms with Crippen LogP contribution in [0.3, 0.4) is 0 Å². The van der Waals surface area contributed by atoms with Gasteiger partial charge in [0, 0.05) is 28.6 Å². The number of fused-ring (bicyclic) bond motifs is 1. The minimum Gasteiger partial charge on any atom is -0.347 e. The quantitative estimate of drug-likeness (QED) is 0.625. The van der Waals surface area contributed by atoms with E-state index in [1.807, 2.05) is 13.8 Å². The maximum atomic E-state index is 12.6. The van der Waals surface area contributed by atoms with Gasteiger partial charge in [-0.2, -0.15) is 0 Å². The van der Waals surface area contributed by atoms with Crippen LogP contribution in [0.1, 0.15) is 22.4 Å². The molecule has 0 radical (unpaired) electrons. The average molecular weight is 433 g/mol. The molecule has 152 valence electrons. The summed E-state index contributed by atoms with van der Waals surface area (Å²) >= 11 is 7.51. The summed E-state index contributed by atoms with van der Waals surface area (Å²) in [5.41, 5.74) is 2.13. The molecule has 9 heteroatoms. The SMILES string of the molecule is Cc1sc2ncn(CCC(=O)NCC(=O)Nc3cccc(Cl)c3C)c(=O)c2c1C. The lowest BCUT2D eigenvalue weighted by molar-refractivity contribution is -0.124. The molecule has 0 aliphatic heterocycles. The molecule has 29 heavy (non-hydrogen) atoms. The van der Waals surface area contributed by atoms with Crippen molar-refractivity contribution in [3.05, 3.63) is 55.9 Å². The van der Waals surface area contributed by atoms with Crippen LogP contribution in [-0.4, -0.2) is 27.9 Å². The molecule has 0 aliphatic carbocycles. The summed E-state index contributed by atoms with van der Waals surface area (Å²) in [5.74, 6) is -0.679. The summed E-state index contributed by atoms with van der Waals surface area (Å²) < 4.78 is 1.43. The zero-order chi connectivity index (χ0) is 21.1. The van der Waals surface area contributed by atoms with E-state index >= 15 is 0 Å². The molecule has 0 saturated heterocycles. The predicted molar refractivity (Wildman–Crippen MR) is 116 cm³/mol. The number of amides is 2. The number of aromatic nitrogens is 2. The number of aryl methyl sites for hydroxylation is 3. The van der Waals surface area contributed by atoms with Gasteiger partial charge in [0.1, 0.15) is 4.83 Å². The molecule has 0 aliphatic rings. The summed E-state index contributed by atoms with van der Waals surface area (Å²) in [5, 5.41) is 6.44. The number of halogens is 1. The first-order valence-corrected chi connectivity index (χ1v) is 10.2. The molecule has 2 amide bonds. The maximum Gasteiger partial charge on any atom is 0.262 e. The third-order valence-corrected chi connectivity index (χ3v) is 6.25. The number of hydrogen-bond donors (Lipinski definition) is 2. The van der Waals surface area contributed by atoms with Crippen molar-refractivity contribution in [2.45, 2.75) is 33.7 Å². The van der Waals surface area contributed by atoms with Crippen molar-refractivity contribution in [1.29, 1.82) is 0 Å². The Morgan fingerprint density at radius 1 is 1.17 bits per heavy atom. The Morgan fingerprint density at radius 3 is 2.69 bits per heavy atom. The van der Waals surface area contributed by atoms with E-state index in [4.69, 9.17) is 11.6 Å². The molecule has 2 N–H and O–H groups in total. The Balaban J connectivity index is 1.55. The molecule has 2 aromatic heterocycles. The van der Waals surface area contributed by atoms with Crippen molar-refractivity contribution in [1.82, 2.24) is 14.9 Å². The second-order valence-corrected chi connectivity index (χ2v) is 8.30. The first-order valence-electron chi connectivity index (χ1n) is 9.04. The minimum absolute atomic E-state index is 0.0682. The second-order valence-electron chi connectivity index (χ2n) is 6.69. The largest absolute Gasteiger partial charge is 0.347 e. The van der Waals surface area contributed by atoms with E-state index in [-0.39, 0.29) is 36.9 Å². The van der Waals surface area contributed by atoms with Gasteiger partial charge in [-0.05, 0) is 44.0 Å². The van der Waals surface area contributed by atoms with Crippen molar-refractivity contribution >= 4 is 50.7 Å². The van der Waals surface area contributed by atoms with Crippen molar-refractivity contribution in [2.75, 3.05) is 11.9 Å². The van der Waals surface area contributed by atoms with Gasteiger partial charge >= 0.3 is 0 Å². The second kappa shape index (κ2) is 8.75. The first-order chi connectivity index (χ1) is 13.8. The molecule has 0 saturated carbocycles. The average Bonchev–Trinajstić information content (AvgIpc) is 2.98. The summed E-state index contributed by atoms with van der Waals surface area (Å²) in [4.78, 5) is 42.9. The normalized spacial score (nSPS) is 10.9. The summed E-state index contributed by atoms with van der Waals surface area (Å²) in [6, 6.07) is 5.22. The third kappa shape index (κ3) is 4.65. The van der Waals surface area contributed by atoms with Crippen LogP contribution in [0.25, 0.3) is 10.2 Å². The molecule has 3 aromatic rings. The molecular formula is C20H21ClN4O3S. The van der Waals surface area contributed by atoms with E-state index in [0.29, 0.717) is 20.9 Å². The van der Waals surface area contributed by atoms with Gasteiger partial charge in [0.25, 0.3) is 5.56 Å². The lowest BCUT2D eigenvalue weighted by Gasteiger charge is -2.10. The van der Waals surface area contributed by atoms with E-state index in [1.54, 1.807) is 25.1 Å². The van der Waals surface area contributed by atoms with Gasteiger partial charge < -0.3 is 10.6 Å². The molecule has 1 aromatic carbocycles. The zero-order valence-electron chi connectivity index (χ0n) is 16.3. The van der Waals surface area contributed by atoms with Gasteiger partial charge in [-0.3, -0.25) is 19.0 Å². The highest BCUT2D eigenvalue weighted by molar-refractivity contribution is 7.18. The number of nitrogens with one attached hydrogen (secondary N) is 2. The number of carbonyl (C=O) groups excluding carboxylic acids is 2. The Hall–Kier alpha value is -2.71. The Morgan fingerprint density at radius 2 is 1.93 bits per heavy atom. The Labute approximate surface area is 176 Å². The highest BCUT2D eigenvalue weighted by Crippen LogP contribution is 2.25. The molecular weight excluding hydrogens is 412 g/mol. The number of hydrogen-bond acceptors (Lipinski definition) is 5. The maximum absolute atomic E-state index is 12.6. The van der Waals surface area contributed by atoms with Crippen molar-refractivity contribution in [2.24, 2.45) is 0 Å². The van der Waals surface area contributed by atoms with Crippen molar-refractivity contribution in [3.8, 4) is 0 Å². The van der Waals surface area contributed by atoms with Crippen LogP contribution in [0.5, 0.6) is 0 Å². The molecule has 2 heterocycles. The van der Waals surface area contributed by atoms with Gasteiger partial charge in [0.05, 0.1) is 18.3 Å². The van der Waals surface area contributed by atoms with Crippen molar-refractivity contribution < 1.29 is 9.59 Å². The van der Waals surface area contributed by atoms with Crippen LogP contribution >= 0.6 is 22.9 Å². The van der Waals surface area contributed by atoms with E-state index in [2.05, 4.69) is 15.6 Å². The number of rotatable bonds is 6. The fourth-order valence-electron chi connectivity index (χ4n) is 2.86.